The Labute approximate surface area is 111 Å². The highest BCUT2D eigenvalue weighted by Crippen LogP contribution is 2.41. The molecule has 1 aliphatic carbocycles. The van der Waals surface area contributed by atoms with Crippen molar-refractivity contribution in [2.45, 2.75) is 46.1 Å². The lowest BCUT2D eigenvalue weighted by molar-refractivity contribution is 0.00515. The van der Waals surface area contributed by atoms with Gasteiger partial charge in [0.05, 0.1) is 12.7 Å². The molecule has 2 rings (SSSR count). The summed E-state index contributed by atoms with van der Waals surface area (Å²) in [6, 6.07) is 0. The molecule has 1 heterocycles. The highest BCUT2D eigenvalue weighted by molar-refractivity contribution is 5.78. The molecule has 18 heavy (non-hydrogen) atoms. The van der Waals surface area contributed by atoms with Gasteiger partial charge in [-0.25, -0.2) is 0 Å². The largest absolute Gasteiger partial charge is 0.375 e. The van der Waals surface area contributed by atoms with Crippen molar-refractivity contribution in [2.24, 2.45) is 22.1 Å². The van der Waals surface area contributed by atoms with Crippen molar-refractivity contribution < 1.29 is 4.74 Å². The van der Waals surface area contributed by atoms with Gasteiger partial charge in [0.15, 0.2) is 5.96 Å². The Morgan fingerprint density at radius 3 is 2.72 bits per heavy atom. The van der Waals surface area contributed by atoms with E-state index in [-0.39, 0.29) is 6.10 Å². The molecular weight excluding hydrogens is 226 g/mol. The molecule has 104 valence electrons. The second-order valence-corrected chi connectivity index (χ2v) is 6.42. The number of morpholine rings is 1. The number of rotatable bonds is 3. The van der Waals surface area contributed by atoms with E-state index in [0.29, 0.717) is 11.4 Å². The Hall–Kier alpha value is -0.770. The van der Waals surface area contributed by atoms with E-state index < -0.39 is 0 Å². The zero-order chi connectivity index (χ0) is 13.2. The number of nitrogens with zero attached hydrogens (tertiary/aromatic N) is 2. The van der Waals surface area contributed by atoms with Gasteiger partial charge in [0.25, 0.3) is 0 Å². The van der Waals surface area contributed by atoms with Crippen molar-refractivity contribution in [2.75, 3.05) is 26.2 Å². The molecule has 4 heteroatoms. The quantitative estimate of drug-likeness (QED) is 0.617. The molecule has 2 aliphatic rings. The summed E-state index contributed by atoms with van der Waals surface area (Å²) in [7, 11) is 0. The summed E-state index contributed by atoms with van der Waals surface area (Å²) in [6.07, 6.45) is 4.36. The Balaban J connectivity index is 1.87. The molecule has 0 aromatic rings. The monoisotopic (exact) mass is 253 g/mol. The predicted molar refractivity (Wildman–Crippen MR) is 74.6 cm³/mol. The van der Waals surface area contributed by atoms with E-state index in [1.165, 1.54) is 19.3 Å². The Bertz CT molecular complexity index is 310. The van der Waals surface area contributed by atoms with Crippen LogP contribution in [0.25, 0.3) is 0 Å². The SMILES string of the molecule is CC1CN(C(N)=NCC(C)(C)C2CCC2)CCO1. The molecule has 1 aliphatic heterocycles. The van der Waals surface area contributed by atoms with Crippen molar-refractivity contribution in [1.29, 1.82) is 0 Å². The highest BCUT2D eigenvalue weighted by atomic mass is 16.5. The van der Waals surface area contributed by atoms with Gasteiger partial charge >= 0.3 is 0 Å². The summed E-state index contributed by atoms with van der Waals surface area (Å²) in [5, 5.41) is 0. The standard InChI is InChI=1S/C14H27N3O/c1-11-9-17(7-8-18-11)13(15)16-10-14(2,3)12-5-4-6-12/h11-12H,4-10H2,1-3H3,(H2,15,16). The van der Waals surface area contributed by atoms with E-state index in [1.54, 1.807) is 0 Å². The first kappa shape index (κ1) is 13.7. The molecule has 1 saturated carbocycles. The smallest absolute Gasteiger partial charge is 0.191 e. The van der Waals surface area contributed by atoms with Crippen LogP contribution in [0.1, 0.15) is 40.0 Å². The summed E-state index contributed by atoms with van der Waals surface area (Å²) < 4.78 is 5.52. The molecule has 0 amide bonds. The molecule has 1 atom stereocenters. The maximum atomic E-state index is 6.10. The molecule has 4 nitrogen and oxygen atoms in total. The van der Waals surface area contributed by atoms with Crippen molar-refractivity contribution in [3.05, 3.63) is 0 Å². The van der Waals surface area contributed by atoms with Gasteiger partial charge in [0, 0.05) is 19.6 Å². The van der Waals surface area contributed by atoms with Crippen LogP contribution in [0.5, 0.6) is 0 Å². The van der Waals surface area contributed by atoms with Crippen LogP contribution in [0.15, 0.2) is 4.99 Å². The summed E-state index contributed by atoms with van der Waals surface area (Å²) in [5.41, 5.74) is 6.39. The molecule has 0 aromatic heterocycles. The lowest BCUT2D eigenvalue weighted by atomic mass is 9.67. The van der Waals surface area contributed by atoms with Gasteiger partial charge in [-0.15, -0.1) is 0 Å². The third-order valence-corrected chi connectivity index (χ3v) is 4.42. The second-order valence-electron chi connectivity index (χ2n) is 6.42. The maximum absolute atomic E-state index is 6.10. The van der Waals surface area contributed by atoms with Crippen LogP contribution in [-0.4, -0.2) is 43.2 Å². The molecule has 2 N–H and O–H groups in total. The molecule has 1 unspecified atom stereocenters. The van der Waals surface area contributed by atoms with Gasteiger partial charge in [-0.3, -0.25) is 4.99 Å². The molecule has 0 spiro atoms. The van der Waals surface area contributed by atoms with Gasteiger partial charge in [-0.1, -0.05) is 20.3 Å². The van der Waals surface area contributed by atoms with Crippen molar-refractivity contribution >= 4 is 5.96 Å². The van der Waals surface area contributed by atoms with E-state index in [0.717, 1.165) is 32.2 Å². The normalized spacial score (nSPS) is 27.2. The first-order valence-electron chi connectivity index (χ1n) is 7.15. The number of aliphatic imine (C=N–C) groups is 1. The number of ether oxygens (including phenoxy) is 1. The topological polar surface area (TPSA) is 50.8 Å². The lowest BCUT2D eigenvalue weighted by Gasteiger charge is -2.40. The fourth-order valence-electron chi connectivity index (χ4n) is 2.73. The Morgan fingerprint density at radius 2 is 2.17 bits per heavy atom. The molecule has 1 saturated heterocycles. The average Bonchev–Trinajstić information content (AvgIpc) is 2.23. The van der Waals surface area contributed by atoms with Gasteiger partial charge in [0.1, 0.15) is 0 Å². The average molecular weight is 253 g/mol. The zero-order valence-electron chi connectivity index (χ0n) is 12.0. The summed E-state index contributed by atoms with van der Waals surface area (Å²) in [6.45, 7) is 10.0. The molecule has 2 fully saturated rings. The number of guanidine groups is 1. The van der Waals surface area contributed by atoms with E-state index >= 15 is 0 Å². The fraction of sp³-hybridized carbons (Fsp3) is 0.929. The van der Waals surface area contributed by atoms with Crippen LogP contribution in [-0.2, 0) is 4.74 Å². The van der Waals surface area contributed by atoms with Crippen molar-refractivity contribution in [3.8, 4) is 0 Å². The van der Waals surface area contributed by atoms with Crippen LogP contribution in [0.2, 0.25) is 0 Å². The van der Waals surface area contributed by atoms with Gasteiger partial charge in [-0.2, -0.15) is 0 Å². The zero-order valence-corrected chi connectivity index (χ0v) is 12.0. The van der Waals surface area contributed by atoms with Gasteiger partial charge in [-0.05, 0) is 31.1 Å². The Kier molecular flexibility index (Phi) is 4.15. The minimum atomic E-state index is 0.257. The first-order chi connectivity index (χ1) is 8.49. The van der Waals surface area contributed by atoms with Crippen LogP contribution >= 0.6 is 0 Å². The number of hydrogen-bond acceptors (Lipinski definition) is 2. The molecule has 0 radical (unpaired) electrons. The summed E-state index contributed by atoms with van der Waals surface area (Å²) >= 11 is 0. The summed E-state index contributed by atoms with van der Waals surface area (Å²) in [5.74, 6) is 1.52. The van der Waals surface area contributed by atoms with Crippen LogP contribution in [0.4, 0.5) is 0 Å². The molecular formula is C14H27N3O. The van der Waals surface area contributed by atoms with Crippen molar-refractivity contribution in [3.63, 3.8) is 0 Å². The highest BCUT2D eigenvalue weighted by Gasteiger charge is 2.33. The van der Waals surface area contributed by atoms with Crippen LogP contribution in [0.3, 0.4) is 0 Å². The van der Waals surface area contributed by atoms with Crippen LogP contribution in [0, 0.1) is 11.3 Å². The lowest BCUT2D eigenvalue weighted by Crippen LogP contribution is -2.48. The minimum absolute atomic E-state index is 0.257. The van der Waals surface area contributed by atoms with Crippen LogP contribution < -0.4 is 5.73 Å². The minimum Gasteiger partial charge on any atom is -0.375 e. The first-order valence-corrected chi connectivity index (χ1v) is 7.15. The Morgan fingerprint density at radius 1 is 1.44 bits per heavy atom. The van der Waals surface area contributed by atoms with E-state index in [4.69, 9.17) is 10.5 Å². The number of hydrogen-bond donors (Lipinski definition) is 1. The summed E-state index contributed by atoms with van der Waals surface area (Å²) in [4.78, 5) is 6.77. The molecule has 0 aromatic carbocycles. The van der Waals surface area contributed by atoms with E-state index in [9.17, 15) is 0 Å². The second kappa shape index (κ2) is 5.47. The molecule has 0 bridgehead atoms. The van der Waals surface area contributed by atoms with E-state index in [2.05, 4.69) is 30.7 Å². The number of nitrogens with two attached hydrogens (primary N) is 1. The third-order valence-electron chi connectivity index (χ3n) is 4.42. The van der Waals surface area contributed by atoms with Gasteiger partial charge in [0.2, 0.25) is 0 Å². The van der Waals surface area contributed by atoms with E-state index in [1.807, 2.05) is 0 Å². The third kappa shape index (κ3) is 3.16. The predicted octanol–water partition coefficient (Wildman–Crippen LogP) is 1.85. The maximum Gasteiger partial charge on any atom is 0.191 e. The van der Waals surface area contributed by atoms with Crippen molar-refractivity contribution in [1.82, 2.24) is 4.90 Å². The van der Waals surface area contributed by atoms with Gasteiger partial charge < -0.3 is 15.4 Å². The fourth-order valence-corrected chi connectivity index (χ4v) is 2.73.